The van der Waals surface area contributed by atoms with Gasteiger partial charge >= 0.3 is 0 Å². The summed E-state index contributed by atoms with van der Waals surface area (Å²) in [5.41, 5.74) is 2.40. The summed E-state index contributed by atoms with van der Waals surface area (Å²) >= 11 is 0. The fraction of sp³-hybridized carbons (Fsp3) is 0.667. The summed E-state index contributed by atoms with van der Waals surface area (Å²) in [5.74, 6) is 1.72. The Balaban J connectivity index is 1.85. The molecule has 0 bridgehead atoms. The second kappa shape index (κ2) is 6.09. The van der Waals surface area contributed by atoms with Gasteiger partial charge in [0.15, 0.2) is 11.5 Å². The second-order valence-electron chi connectivity index (χ2n) is 7.18. The maximum atomic E-state index is 10.5. The molecule has 0 radical (unpaired) electrons. The lowest BCUT2D eigenvalue weighted by Crippen LogP contribution is -2.48. The van der Waals surface area contributed by atoms with Crippen LogP contribution in [0.5, 0.6) is 11.5 Å². The lowest BCUT2D eigenvalue weighted by Gasteiger charge is -2.46. The molecule has 0 aromatic heterocycles. The molecule has 3 rings (SSSR count). The normalized spacial score (nSPS) is 28.3. The average Bonchev–Trinajstić information content (AvgIpc) is 2.47. The van der Waals surface area contributed by atoms with Crippen molar-refractivity contribution in [2.24, 2.45) is 11.8 Å². The summed E-state index contributed by atoms with van der Waals surface area (Å²) in [7, 11) is 1.58. The lowest BCUT2D eigenvalue weighted by atomic mass is 9.79. The molecule has 122 valence electrons. The highest BCUT2D eigenvalue weighted by Crippen LogP contribution is 2.43. The van der Waals surface area contributed by atoms with Crippen LogP contribution in [0, 0.1) is 11.8 Å². The molecule has 2 heterocycles. The van der Waals surface area contributed by atoms with Crippen LogP contribution in [0.1, 0.15) is 43.9 Å². The van der Waals surface area contributed by atoms with Gasteiger partial charge in [0.1, 0.15) is 0 Å². The zero-order chi connectivity index (χ0) is 15.9. The van der Waals surface area contributed by atoms with Gasteiger partial charge in [-0.3, -0.25) is 4.90 Å². The van der Waals surface area contributed by atoms with Crippen LogP contribution in [-0.2, 0) is 6.42 Å². The Morgan fingerprint density at radius 1 is 1.36 bits per heavy atom. The van der Waals surface area contributed by atoms with E-state index in [2.05, 4.69) is 18.7 Å². The van der Waals surface area contributed by atoms with E-state index >= 15 is 0 Å². The van der Waals surface area contributed by atoms with Crippen molar-refractivity contribution in [3.63, 3.8) is 0 Å². The fourth-order valence-electron chi connectivity index (χ4n) is 4.11. The molecule has 1 saturated heterocycles. The first-order chi connectivity index (χ1) is 10.5. The van der Waals surface area contributed by atoms with Crippen molar-refractivity contribution in [2.45, 2.75) is 45.3 Å². The van der Waals surface area contributed by atoms with E-state index < -0.39 is 0 Å². The predicted molar refractivity (Wildman–Crippen MR) is 86.2 cm³/mol. The zero-order valence-electron chi connectivity index (χ0n) is 13.7. The van der Waals surface area contributed by atoms with Crippen LogP contribution in [0.25, 0.3) is 0 Å². The van der Waals surface area contributed by atoms with Gasteiger partial charge in [0.25, 0.3) is 0 Å². The molecular formula is C18H27NO3. The molecule has 2 aliphatic rings. The van der Waals surface area contributed by atoms with E-state index in [9.17, 15) is 10.2 Å². The van der Waals surface area contributed by atoms with Crippen LogP contribution in [0.2, 0.25) is 0 Å². The number of aromatic hydroxyl groups is 1. The lowest BCUT2D eigenvalue weighted by molar-refractivity contribution is -0.0191. The first kappa shape index (κ1) is 15.6. The third-order valence-corrected chi connectivity index (χ3v) is 5.16. The molecule has 0 spiro atoms. The molecule has 0 amide bonds. The first-order valence-electron chi connectivity index (χ1n) is 8.31. The molecule has 4 heteroatoms. The summed E-state index contributed by atoms with van der Waals surface area (Å²) in [6.07, 6.45) is 2.56. The molecule has 0 aliphatic carbocycles. The zero-order valence-corrected chi connectivity index (χ0v) is 13.7. The Morgan fingerprint density at radius 2 is 2.14 bits per heavy atom. The average molecular weight is 305 g/mol. The number of phenols is 1. The highest BCUT2D eigenvalue weighted by Gasteiger charge is 2.38. The highest BCUT2D eigenvalue weighted by atomic mass is 16.5. The summed E-state index contributed by atoms with van der Waals surface area (Å²) in [4.78, 5) is 2.48. The van der Waals surface area contributed by atoms with Crippen molar-refractivity contribution in [1.29, 1.82) is 0 Å². The number of nitrogens with zero attached hydrogens (tertiary/aromatic N) is 1. The third-order valence-electron chi connectivity index (χ3n) is 5.16. The van der Waals surface area contributed by atoms with Crippen molar-refractivity contribution in [3.05, 3.63) is 23.3 Å². The fourth-order valence-corrected chi connectivity index (χ4v) is 4.11. The standard InChI is InChI=1S/C18H27NO3/c1-11(2)6-13-10-19-5-4-12-7-18(22-3)17(21)8-14(12)15(19)9-16(13)20/h7-8,11,13,15-16,20-21H,4-6,9-10H2,1-3H3/t13-,15-,16+/m0/s1. The maximum Gasteiger partial charge on any atom is 0.160 e. The van der Waals surface area contributed by atoms with E-state index in [-0.39, 0.29) is 17.9 Å². The van der Waals surface area contributed by atoms with Crippen LogP contribution in [-0.4, -0.2) is 41.4 Å². The molecule has 22 heavy (non-hydrogen) atoms. The number of ether oxygens (including phenoxy) is 1. The molecule has 0 saturated carbocycles. The van der Waals surface area contributed by atoms with Gasteiger partial charge in [-0.05, 0) is 54.4 Å². The number of piperidine rings is 1. The first-order valence-corrected chi connectivity index (χ1v) is 8.31. The number of fused-ring (bicyclic) bond motifs is 3. The van der Waals surface area contributed by atoms with Gasteiger partial charge in [-0.25, -0.2) is 0 Å². The molecule has 1 aromatic carbocycles. The third kappa shape index (κ3) is 2.82. The number of aliphatic hydroxyl groups excluding tert-OH is 1. The number of rotatable bonds is 3. The van der Waals surface area contributed by atoms with Crippen LogP contribution in [0.15, 0.2) is 12.1 Å². The smallest absolute Gasteiger partial charge is 0.160 e. The van der Waals surface area contributed by atoms with Crippen molar-refractivity contribution >= 4 is 0 Å². The Bertz CT molecular complexity index is 543. The van der Waals surface area contributed by atoms with E-state index in [1.54, 1.807) is 7.11 Å². The van der Waals surface area contributed by atoms with Gasteiger partial charge in [0.2, 0.25) is 0 Å². The number of hydrogen-bond acceptors (Lipinski definition) is 4. The SMILES string of the molecule is COc1cc2c(cc1O)[C@@H]1C[C@@H](O)[C@@H](CC(C)C)CN1CC2. The van der Waals surface area contributed by atoms with Crippen molar-refractivity contribution in [3.8, 4) is 11.5 Å². The van der Waals surface area contributed by atoms with Gasteiger partial charge in [-0.2, -0.15) is 0 Å². The van der Waals surface area contributed by atoms with Crippen LogP contribution < -0.4 is 4.74 Å². The van der Waals surface area contributed by atoms with Gasteiger partial charge in [-0.15, -0.1) is 0 Å². The van der Waals surface area contributed by atoms with Gasteiger partial charge in [-0.1, -0.05) is 13.8 Å². The van der Waals surface area contributed by atoms with Gasteiger partial charge < -0.3 is 14.9 Å². The Labute approximate surface area is 132 Å². The molecule has 2 N–H and O–H groups in total. The van der Waals surface area contributed by atoms with E-state index in [1.807, 2.05) is 12.1 Å². The van der Waals surface area contributed by atoms with Crippen molar-refractivity contribution < 1.29 is 14.9 Å². The Kier molecular flexibility index (Phi) is 4.33. The Morgan fingerprint density at radius 3 is 2.82 bits per heavy atom. The maximum absolute atomic E-state index is 10.5. The topological polar surface area (TPSA) is 52.9 Å². The second-order valence-corrected chi connectivity index (χ2v) is 7.18. The number of methoxy groups -OCH3 is 1. The summed E-state index contributed by atoms with van der Waals surface area (Å²) in [6.45, 7) is 6.41. The van der Waals surface area contributed by atoms with E-state index in [0.29, 0.717) is 17.6 Å². The van der Waals surface area contributed by atoms with Crippen molar-refractivity contribution in [2.75, 3.05) is 20.2 Å². The summed E-state index contributed by atoms with van der Waals surface area (Å²) < 4.78 is 5.22. The number of aliphatic hydroxyl groups is 1. The highest BCUT2D eigenvalue weighted by molar-refractivity contribution is 5.48. The minimum atomic E-state index is -0.251. The minimum absolute atomic E-state index is 0.196. The van der Waals surface area contributed by atoms with Crippen LogP contribution in [0.4, 0.5) is 0 Å². The van der Waals surface area contributed by atoms with E-state index in [4.69, 9.17) is 4.74 Å². The largest absolute Gasteiger partial charge is 0.504 e. The predicted octanol–water partition coefficient (Wildman–Crippen LogP) is 2.73. The summed E-state index contributed by atoms with van der Waals surface area (Å²) in [6, 6.07) is 4.01. The molecule has 0 unspecified atom stereocenters. The molecule has 4 nitrogen and oxygen atoms in total. The number of phenolic OH excluding ortho intramolecular Hbond substituents is 1. The molecule has 3 atom stereocenters. The van der Waals surface area contributed by atoms with Gasteiger partial charge in [0, 0.05) is 19.1 Å². The Hall–Kier alpha value is -1.26. The van der Waals surface area contributed by atoms with E-state index in [0.717, 1.165) is 37.9 Å². The summed E-state index contributed by atoms with van der Waals surface area (Å²) in [5, 5.41) is 20.6. The van der Waals surface area contributed by atoms with E-state index in [1.165, 1.54) is 5.56 Å². The number of benzene rings is 1. The van der Waals surface area contributed by atoms with Crippen LogP contribution >= 0.6 is 0 Å². The monoisotopic (exact) mass is 305 g/mol. The molecule has 1 fully saturated rings. The quantitative estimate of drug-likeness (QED) is 0.901. The van der Waals surface area contributed by atoms with Crippen LogP contribution in [0.3, 0.4) is 0 Å². The number of hydrogen-bond donors (Lipinski definition) is 2. The molecular weight excluding hydrogens is 278 g/mol. The van der Waals surface area contributed by atoms with Gasteiger partial charge in [0.05, 0.1) is 13.2 Å². The molecule has 1 aromatic rings. The van der Waals surface area contributed by atoms with Crippen molar-refractivity contribution in [1.82, 2.24) is 4.90 Å². The minimum Gasteiger partial charge on any atom is -0.504 e. The molecule has 2 aliphatic heterocycles.